The third kappa shape index (κ3) is 1.20. The molecule has 0 amide bonds. The van der Waals surface area contributed by atoms with Crippen LogP contribution in [-0.4, -0.2) is 0 Å². The molecule has 1 aliphatic rings. The van der Waals surface area contributed by atoms with Gasteiger partial charge in [0.1, 0.15) is 7.80 Å². The highest BCUT2D eigenvalue weighted by Gasteiger charge is 1.89. The van der Waals surface area contributed by atoms with Crippen LogP contribution in [0.2, 0.25) is 0 Å². The highest BCUT2D eigenvalue weighted by molar-refractivity contribution is 7.51. The Morgan fingerprint density at radius 1 is 1.71 bits per heavy atom. The average molecular weight is 115 g/mol. The normalized spacial score (nSPS) is 19.4. The molecule has 1 radical (unpaired) electrons. The van der Waals surface area contributed by atoms with Crippen LogP contribution in [0.3, 0.4) is 0 Å². The van der Waals surface area contributed by atoms with Crippen LogP contribution in [0.25, 0.3) is 0 Å². The summed E-state index contributed by atoms with van der Waals surface area (Å²) >= 11 is 0. The number of rotatable bonds is 0. The highest BCUT2D eigenvalue weighted by Crippen LogP contribution is 2.25. The molecule has 0 aliphatic carbocycles. The maximum absolute atomic E-state index is 10.4. The predicted molar refractivity (Wildman–Crippen MR) is 27.0 cm³/mol. The summed E-state index contributed by atoms with van der Waals surface area (Å²) in [5.41, 5.74) is 0. The van der Waals surface area contributed by atoms with Gasteiger partial charge in [0, 0.05) is 11.6 Å². The van der Waals surface area contributed by atoms with Gasteiger partial charge in [-0.2, -0.15) is 0 Å². The molecule has 1 heterocycles. The zero-order valence-corrected chi connectivity index (χ0v) is 4.55. The fraction of sp³-hybridized carbons (Fsp3) is 0. The standard InChI is InChI=1S/C4H4O2P/c5-7-3-1-6-2-4-7/h1,3-4,7H. The van der Waals surface area contributed by atoms with Gasteiger partial charge in [-0.25, -0.2) is 0 Å². The first-order valence-corrected chi connectivity index (χ1v) is 3.41. The first-order valence-electron chi connectivity index (χ1n) is 1.84. The van der Waals surface area contributed by atoms with E-state index in [1.165, 1.54) is 17.9 Å². The molecule has 1 atom stereocenters. The van der Waals surface area contributed by atoms with E-state index in [2.05, 4.69) is 11.0 Å². The minimum atomic E-state index is -1.58. The van der Waals surface area contributed by atoms with Crippen LogP contribution in [0.5, 0.6) is 0 Å². The molecule has 1 aliphatic heterocycles. The van der Waals surface area contributed by atoms with Gasteiger partial charge in [-0.15, -0.1) is 0 Å². The van der Waals surface area contributed by atoms with E-state index >= 15 is 0 Å². The van der Waals surface area contributed by atoms with Crippen LogP contribution >= 0.6 is 7.80 Å². The Morgan fingerprint density at radius 2 is 2.57 bits per heavy atom. The topological polar surface area (TPSA) is 26.3 Å². The van der Waals surface area contributed by atoms with Crippen molar-refractivity contribution >= 4 is 7.80 Å². The van der Waals surface area contributed by atoms with Gasteiger partial charge in [0.25, 0.3) is 0 Å². The summed E-state index contributed by atoms with van der Waals surface area (Å²) in [7, 11) is -1.58. The van der Waals surface area contributed by atoms with E-state index in [9.17, 15) is 4.57 Å². The van der Waals surface area contributed by atoms with Crippen molar-refractivity contribution in [2.45, 2.75) is 0 Å². The van der Waals surface area contributed by atoms with Gasteiger partial charge in [0.05, 0.1) is 6.26 Å². The molecule has 0 N–H and O–H groups in total. The summed E-state index contributed by atoms with van der Waals surface area (Å²) < 4.78 is 14.8. The molecule has 0 fully saturated rings. The largest absolute Gasteiger partial charge is 0.461 e. The van der Waals surface area contributed by atoms with Gasteiger partial charge in [0.15, 0.2) is 6.26 Å². The minimum Gasteiger partial charge on any atom is -0.461 e. The second-order valence-electron chi connectivity index (χ2n) is 1.09. The molecule has 0 saturated heterocycles. The fourth-order valence-electron chi connectivity index (χ4n) is 0.281. The summed E-state index contributed by atoms with van der Waals surface area (Å²) in [5, 5.41) is 0. The van der Waals surface area contributed by atoms with Crippen molar-refractivity contribution in [1.82, 2.24) is 0 Å². The maximum Gasteiger partial charge on any atom is 0.172 e. The summed E-state index contributed by atoms with van der Waals surface area (Å²) in [6, 6.07) is 0. The summed E-state index contributed by atoms with van der Waals surface area (Å²) in [4.78, 5) is 0. The van der Waals surface area contributed by atoms with E-state index in [0.29, 0.717) is 0 Å². The molecule has 1 rings (SSSR count). The number of hydrogen-bond acceptors (Lipinski definition) is 2. The summed E-state index contributed by atoms with van der Waals surface area (Å²) in [6.07, 6.45) is 3.73. The molecule has 3 heteroatoms. The Hall–Kier alpha value is -0.490. The molecule has 0 aromatic rings. The minimum absolute atomic E-state index is 1.38. The predicted octanol–water partition coefficient (Wildman–Crippen LogP) is 1.32. The smallest absolute Gasteiger partial charge is 0.172 e. The van der Waals surface area contributed by atoms with Crippen molar-refractivity contribution in [3.63, 3.8) is 0 Å². The van der Waals surface area contributed by atoms with Crippen LogP contribution in [-0.2, 0) is 9.30 Å². The third-order valence-electron chi connectivity index (χ3n) is 0.570. The SMILES string of the molecule is O=[PH]1C=[C]OC=C1. The maximum atomic E-state index is 10.4. The van der Waals surface area contributed by atoms with E-state index in [4.69, 9.17) is 0 Å². The highest BCUT2D eigenvalue weighted by atomic mass is 31.1. The van der Waals surface area contributed by atoms with Crippen molar-refractivity contribution in [3.05, 3.63) is 24.2 Å². The quantitative estimate of drug-likeness (QED) is 0.445. The Balaban J connectivity index is 2.66. The molecule has 0 spiro atoms. The van der Waals surface area contributed by atoms with E-state index in [1.54, 1.807) is 0 Å². The van der Waals surface area contributed by atoms with Crippen molar-refractivity contribution in [3.8, 4) is 0 Å². The first kappa shape index (κ1) is 4.66. The molecule has 0 aromatic carbocycles. The molecule has 37 valence electrons. The second kappa shape index (κ2) is 1.99. The van der Waals surface area contributed by atoms with E-state index in [1.807, 2.05) is 0 Å². The van der Waals surface area contributed by atoms with Gasteiger partial charge in [-0.05, 0) is 0 Å². The van der Waals surface area contributed by atoms with Crippen LogP contribution in [0.4, 0.5) is 0 Å². The molecule has 0 saturated carbocycles. The lowest BCUT2D eigenvalue weighted by Crippen LogP contribution is -1.67. The van der Waals surface area contributed by atoms with Crippen LogP contribution < -0.4 is 0 Å². The Bertz CT molecular complexity index is 123. The van der Waals surface area contributed by atoms with Crippen LogP contribution in [0.1, 0.15) is 0 Å². The zero-order valence-electron chi connectivity index (χ0n) is 3.55. The van der Waals surface area contributed by atoms with Gasteiger partial charge in [0.2, 0.25) is 0 Å². The van der Waals surface area contributed by atoms with Gasteiger partial charge in [-0.3, -0.25) is 0 Å². The van der Waals surface area contributed by atoms with Gasteiger partial charge in [-0.1, -0.05) is 0 Å². The van der Waals surface area contributed by atoms with Crippen molar-refractivity contribution < 1.29 is 9.30 Å². The lowest BCUT2D eigenvalue weighted by molar-refractivity contribution is 0.375. The molecule has 1 unspecified atom stereocenters. The Labute approximate surface area is 42.3 Å². The van der Waals surface area contributed by atoms with Gasteiger partial charge >= 0.3 is 0 Å². The lowest BCUT2D eigenvalue weighted by Gasteiger charge is -1.91. The zero-order chi connectivity index (χ0) is 5.11. The fourth-order valence-corrected chi connectivity index (χ4v) is 0.763. The first-order chi connectivity index (χ1) is 3.39. The third-order valence-corrected chi connectivity index (χ3v) is 1.44. The van der Waals surface area contributed by atoms with E-state index in [0.717, 1.165) is 0 Å². The Kier molecular flexibility index (Phi) is 1.32. The molecule has 7 heavy (non-hydrogen) atoms. The van der Waals surface area contributed by atoms with Crippen molar-refractivity contribution in [1.29, 1.82) is 0 Å². The summed E-state index contributed by atoms with van der Waals surface area (Å²) in [6.45, 7) is 0. The molecular weight excluding hydrogens is 111 g/mol. The van der Waals surface area contributed by atoms with E-state index in [-0.39, 0.29) is 0 Å². The average Bonchev–Trinajstić information content (AvgIpc) is 1.69. The molecule has 2 nitrogen and oxygen atoms in total. The monoisotopic (exact) mass is 115 g/mol. The molecule has 0 bridgehead atoms. The van der Waals surface area contributed by atoms with E-state index < -0.39 is 7.80 Å². The Morgan fingerprint density at radius 3 is 2.86 bits per heavy atom. The molecule has 0 aromatic heterocycles. The van der Waals surface area contributed by atoms with Crippen molar-refractivity contribution in [2.24, 2.45) is 0 Å². The summed E-state index contributed by atoms with van der Waals surface area (Å²) in [5.74, 6) is 2.94. The molecular formula is C4H4O2P. The van der Waals surface area contributed by atoms with Crippen LogP contribution in [0, 0.1) is 6.26 Å². The van der Waals surface area contributed by atoms with Crippen LogP contribution in [0.15, 0.2) is 17.9 Å². The number of hydrogen-bond donors (Lipinski definition) is 0. The lowest BCUT2D eigenvalue weighted by atomic mass is 11.0. The van der Waals surface area contributed by atoms with Crippen molar-refractivity contribution in [2.75, 3.05) is 0 Å². The van der Waals surface area contributed by atoms with Gasteiger partial charge < -0.3 is 9.30 Å². The number of ether oxygens (including phenoxy) is 1. The second-order valence-corrected chi connectivity index (χ2v) is 2.51.